The Bertz CT molecular complexity index is 3600. The molecule has 0 N–H and O–H groups in total. The molecular formula is C56H35N5O. The number of hydrogen-bond acceptors (Lipinski definition) is 5. The van der Waals surface area contributed by atoms with Crippen LogP contribution in [-0.2, 0) is 0 Å². The lowest BCUT2D eigenvalue weighted by atomic mass is 10.0. The van der Waals surface area contributed by atoms with E-state index in [0.29, 0.717) is 17.5 Å². The molecule has 0 saturated heterocycles. The van der Waals surface area contributed by atoms with Crippen LogP contribution in [0, 0.1) is 0 Å². The first-order valence-electron chi connectivity index (χ1n) is 20.7. The summed E-state index contributed by atoms with van der Waals surface area (Å²) in [4.78, 5) is 19.8. The number of hydrogen-bond donors (Lipinski definition) is 0. The third-order valence-electron chi connectivity index (χ3n) is 11.7. The molecule has 6 heteroatoms. The van der Waals surface area contributed by atoms with Gasteiger partial charge in [0, 0.05) is 55.7 Å². The normalized spacial score (nSPS) is 11.5. The van der Waals surface area contributed by atoms with Crippen molar-refractivity contribution in [3.63, 3.8) is 0 Å². The lowest BCUT2D eigenvalue weighted by molar-refractivity contribution is 0.668. The Balaban J connectivity index is 0.897. The van der Waals surface area contributed by atoms with Gasteiger partial charge in [0.05, 0.1) is 11.0 Å². The average molecular weight is 794 g/mol. The van der Waals surface area contributed by atoms with Gasteiger partial charge in [0.2, 0.25) is 0 Å². The van der Waals surface area contributed by atoms with Gasteiger partial charge < -0.3 is 8.98 Å². The molecule has 0 aliphatic heterocycles. The van der Waals surface area contributed by atoms with Crippen LogP contribution in [0.1, 0.15) is 0 Å². The summed E-state index contributed by atoms with van der Waals surface area (Å²) in [5.41, 5.74) is 14.1. The Hall–Kier alpha value is -8.48. The van der Waals surface area contributed by atoms with Gasteiger partial charge in [-0.25, -0.2) is 15.0 Å². The lowest BCUT2D eigenvalue weighted by Crippen LogP contribution is -2.00. The number of nitrogens with zero attached hydrogens (tertiary/aromatic N) is 5. The van der Waals surface area contributed by atoms with Gasteiger partial charge >= 0.3 is 0 Å². The van der Waals surface area contributed by atoms with Crippen molar-refractivity contribution in [2.24, 2.45) is 0 Å². The van der Waals surface area contributed by atoms with Gasteiger partial charge in [0.1, 0.15) is 11.3 Å². The zero-order valence-electron chi connectivity index (χ0n) is 33.4. The molecule has 4 aromatic heterocycles. The predicted octanol–water partition coefficient (Wildman–Crippen LogP) is 14.3. The highest BCUT2D eigenvalue weighted by atomic mass is 16.3. The minimum atomic E-state index is 0.595. The lowest BCUT2D eigenvalue weighted by Gasteiger charge is -2.10. The molecule has 0 aliphatic rings. The fourth-order valence-corrected chi connectivity index (χ4v) is 8.67. The van der Waals surface area contributed by atoms with E-state index in [0.717, 1.165) is 77.8 Å². The number of furan rings is 1. The van der Waals surface area contributed by atoms with Crippen LogP contribution in [0.3, 0.4) is 0 Å². The second-order valence-corrected chi connectivity index (χ2v) is 15.5. The Morgan fingerprint density at radius 1 is 0.339 bits per heavy atom. The maximum Gasteiger partial charge on any atom is 0.164 e. The fourth-order valence-electron chi connectivity index (χ4n) is 8.67. The van der Waals surface area contributed by atoms with Crippen LogP contribution in [-0.4, -0.2) is 24.5 Å². The van der Waals surface area contributed by atoms with Crippen molar-refractivity contribution in [2.45, 2.75) is 0 Å². The predicted molar refractivity (Wildman–Crippen MR) is 252 cm³/mol. The molecular weight excluding hydrogens is 759 g/mol. The molecule has 12 rings (SSSR count). The van der Waals surface area contributed by atoms with Crippen LogP contribution >= 0.6 is 0 Å². The number of fused-ring (bicyclic) bond motifs is 6. The van der Waals surface area contributed by atoms with E-state index in [4.69, 9.17) is 24.4 Å². The summed E-state index contributed by atoms with van der Waals surface area (Å²) in [7, 11) is 0. The third kappa shape index (κ3) is 6.13. The van der Waals surface area contributed by atoms with Crippen LogP contribution in [0.25, 0.3) is 117 Å². The molecule has 8 aromatic carbocycles. The van der Waals surface area contributed by atoms with Crippen LogP contribution < -0.4 is 0 Å². The van der Waals surface area contributed by atoms with E-state index in [-0.39, 0.29) is 0 Å². The molecule has 12 aromatic rings. The maximum absolute atomic E-state index is 6.59. The standard InChI is InChI=1S/C56H35N5O/c1-4-12-36(13-5-1)37-20-24-40(25-21-37)55-58-54(39-14-6-2-7-15-39)59-56(60-55)41-26-22-38(23-27-41)52-53-46(32-33-57-52)48-35-43(29-31-51(48)62-53)42-28-30-50-47(34-42)45-18-10-11-19-49(45)61(50)44-16-8-3-9-17-44/h1-35H. The van der Waals surface area contributed by atoms with Crippen molar-refractivity contribution < 1.29 is 4.42 Å². The van der Waals surface area contributed by atoms with E-state index < -0.39 is 0 Å². The van der Waals surface area contributed by atoms with Crippen LogP contribution in [0.4, 0.5) is 0 Å². The number of benzene rings is 8. The Kier molecular flexibility index (Phi) is 8.38. The Morgan fingerprint density at radius 2 is 0.823 bits per heavy atom. The third-order valence-corrected chi connectivity index (χ3v) is 11.7. The van der Waals surface area contributed by atoms with E-state index in [1.54, 1.807) is 0 Å². The summed E-state index contributed by atoms with van der Waals surface area (Å²) < 4.78 is 8.94. The summed E-state index contributed by atoms with van der Waals surface area (Å²) in [6.07, 6.45) is 1.87. The zero-order chi connectivity index (χ0) is 41.0. The SMILES string of the molecule is c1ccc(-c2ccc(-c3nc(-c4ccccc4)nc(-c4ccc(-c5nccc6c5oc5ccc(-c7ccc8c(c7)c7ccccc7n8-c7ccccc7)cc56)cc4)n3)cc2)cc1. The molecule has 0 bridgehead atoms. The molecule has 0 fully saturated rings. The Morgan fingerprint density at radius 3 is 1.50 bits per heavy atom. The smallest absolute Gasteiger partial charge is 0.164 e. The molecule has 0 atom stereocenters. The molecule has 62 heavy (non-hydrogen) atoms. The summed E-state index contributed by atoms with van der Waals surface area (Å²) in [6, 6.07) is 71.5. The van der Waals surface area contributed by atoms with Crippen molar-refractivity contribution in [1.82, 2.24) is 24.5 Å². The summed E-state index contributed by atoms with van der Waals surface area (Å²) in [6.45, 7) is 0. The molecule has 6 nitrogen and oxygen atoms in total. The number of aromatic nitrogens is 5. The molecule has 0 amide bonds. The van der Waals surface area contributed by atoms with Gasteiger partial charge in [0.25, 0.3) is 0 Å². The summed E-state index contributed by atoms with van der Waals surface area (Å²) in [5, 5.41) is 4.51. The van der Waals surface area contributed by atoms with E-state index in [2.05, 4.69) is 156 Å². The van der Waals surface area contributed by atoms with Gasteiger partial charge in [0.15, 0.2) is 23.1 Å². The first kappa shape index (κ1) is 35.5. The highest BCUT2D eigenvalue weighted by Crippen LogP contribution is 2.39. The molecule has 0 radical (unpaired) electrons. The van der Waals surface area contributed by atoms with E-state index in [9.17, 15) is 0 Å². The number of rotatable bonds is 7. The minimum absolute atomic E-state index is 0.595. The maximum atomic E-state index is 6.59. The fraction of sp³-hybridized carbons (Fsp3) is 0. The first-order chi connectivity index (χ1) is 30.7. The topological polar surface area (TPSA) is 69.6 Å². The summed E-state index contributed by atoms with van der Waals surface area (Å²) >= 11 is 0. The van der Waals surface area contributed by atoms with Crippen molar-refractivity contribution in [1.29, 1.82) is 0 Å². The number of para-hydroxylation sites is 2. The van der Waals surface area contributed by atoms with Gasteiger partial charge in [-0.1, -0.05) is 158 Å². The van der Waals surface area contributed by atoms with E-state index >= 15 is 0 Å². The van der Waals surface area contributed by atoms with Crippen molar-refractivity contribution in [3.8, 4) is 73.4 Å². The van der Waals surface area contributed by atoms with E-state index in [1.807, 2.05) is 60.8 Å². The van der Waals surface area contributed by atoms with Crippen molar-refractivity contribution >= 4 is 43.7 Å². The van der Waals surface area contributed by atoms with Crippen molar-refractivity contribution in [3.05, 3.63) is 212 Å². The highest BCUT2D eigenvalue weighted by molar-refractivity contribution is 6.12. The quantitative estimate of drug-likeness (QED) is 0.161. The Labute approximate surface area is 357 Å². The summed E-state index contributed by atoms with van der Waals surface area (Å²) in [5.74, 6) is 1.83. The van der Waals surface area contributed by atoms with Gasteiger partial charge in [-0.15, -0.1) is 0 Å². The van der Waals surface area contributed by atoms with Gasteiger partial charge in [-0.3, -0.25) is 4.98 Å². The van der Waals surface area contributed by atoms with Crippen molar-refractivity contribution in [2.75, 3.05) is 0 Å². The van der Waals surface area contributed by atoms with Crippen LogP contribution in [0.15, 0.2) is 217 Å². The molecule has 0 saturated carbocycles. The molecule has 0 unspecified atom stereocenters. The van der Waals surface area contributed by atoms with E-state index in [1.165, 1.54) is 21.8 Å². The molecule has 290 valence electrons. The van der Waals surface area contributed by atoms with Gasteiger partial charge in [-0.05, 0) is 70.8 Å². The average Bonchev–Trinajstić information content (AvgIpc) is 3.90. The highest BCUT2D eigenvalue weighted by Gasteiger charge is 2.18. The van der Waals surface area contributed by atoms with Gasteiger partial charge in [-0.2, -0.15) is 0 Å². The minimum Gasteiger partial charge on any atom is -0.454 e. The second kappa shape index (κ2) is 14.7. The molecule has 4 heterocycles. The largest absolute Gasteiger partial charge is 0.454 e. The zero-order valence-corrected chi connectivity index (χ0v) is 33.4. The second-order valence-electron chi connectivity index (χ2n) is 15.5. The monoisotopic (exact) mass is 793 g/mol. The van der Waals surface area contributed by atoms with Crippen LogP contribution in [0.2, 0.25) is 0 Å². The van der Waals surface area contributed by atoms with Crippen LogP contribution in [0.5, 0.6) is 0 Å². The number of pyridine rings is 1. The first-order valence-corrected chi connectivity index (χ1v) is 20.7. The molecule has 0 aliphatic carbocycles. The molecule has 0 spiro atoms.